The summed E-state index contributed by atoms with van der Waals surface area (Å²) in [5.41, 5.74) is 0.849. The fourth-order valence-corrected chi connectivity index (χ4v) is 5.21. The number of nitrogens with zero attached hydrogens (tertiary/aromatic N) is 1. The summed E-state index contributed by atoms with van der Waals surface area (Å²) < 4.78 is 60.7. The highest BCUT2D eigenvalue weighted by Crippen LogP contribution is 2.37. The van der Waals surface area contributed by atoms with Crippen LogP contribution < -0.4 is 38.0 Å². The molecule has 0 saturated carbocycles. The fraction of sp³-hybridized carbons (Fsp3) is 0.296. The summed E-state index contributed by atoms with van der Waals surface area (Å²) in [6, 6.07) is 14.1. The van der Waals surface area contributed by atoms with Gasteiger partial charge in [0.1, 0.15) is 18.0 Å². The molecular formula is C27H32N2O9S. The Bertz CT molecular complexity index is 1410. The number of rotatable bonds is 13. The van der Waals surface area contributed by atoms with Crippen LogP contribution in [0.3, 0.4) is 0 Å². The van der Waals surface area contributed by atoms with Crippen molar-refractivity contribution in [1.29, 1.82) is 0 Å². The highest BCUT2D eigenvalue weighted by atomic mass is 32.2. The number of hydrogen-bond donors (Lipinski definition) is 1. The van der Waals surface area contributed by atoms with Gasteiger partial charge in [0, 0.05) is 18.7 Å². The molecule has 3 aromatic rings. The minimum absolute atomic E-state index is 0.113. The van der Waals surface area contributed by atoms with E-state index in [-0.39, 0.29) is 28.6 Å². The highest BCUT2D eigenvalue weighted by Gasteiger charge is 2.31. The van der Waals surface area contributed by atoms with Gasteiger partial charge in [-0.3, -0.25) is 9.10 Å². The van der Waals surface area contributed by atoms with Crippen LogP contribution >= 0.6 is 0 Å². The number of carbonyl (C=O) groups excluding carboxylic acids is 1. The minimum Gasteiger partial charge on any atom is -0.497 e. The van der Waals surface area contributed by atoms with Crippen LogP contribution in [0.2, 0.25) is 0 Å². The van der Waals surface area contributed by atoms with Crippen molar-refractivity contribution >= 4 is 21.6 Å². The van der Waals surface area contributed by atoms with Crippen LogP contribution in [0.25, 0.3) is 0 Å². The zero-order chi connectivity index (χ0) is 28.6. The van der Waals surface area contributed by atoms with Crippen LogP contribution in [-0.2, 0) is 21.4 Å². The second-order valence-corrected chi connectivity index (χ2v) is 9.89. The first-order chi connectivity index (χ1) is 18.7. The first kappa shape index (κ1) is 29.2. The van der Waals surface area contributed by atoms with Gasteiger partial charge in [0.05, 0.1) is 53.2 Å². The van der Waals surface area contributed by atoms with E-state index in [0.29, 0.717) is 23.0 Å². The van der Waals surface area contributed by atoms with E-state index in [0.717, 1.165) is 9.87 Å². The Hall–Kier alpha value is -4.32. The zero-order valence-corrected chi connectivity index (χ0v) is 23.5. The molecule has 0 radical (unpaired) electrons. The molecule has 0 aliphatic rings. The molecule has 0 aliphatic carbocycles. The number of methoxy groups -OCH3 is 6. The van der Waals surface area contributed by atoms with Crippen molar-refractivity contribution < 1.29 is 41.6 Å². The maximum absolute atomic E-state index is 14.0. The monoisotopic (exact) mass is 560 g/mol. The number of ether oxygens (including phenoxy) is 6. The van der Waals surface area contributed by atoms with Gasteiger partial charge in [-0.05, 0) is 42.0 Å². The van der Waals surface area contributed by atoms with Crippen molar-refractivity contribution in [2.24, 2.45) is 0 Å². The molecule has 0 aromatic heterocycles. The van der Waals surface area contributed by atoms with Crippen LogP contribution in [0.4, 0.5) is 5.69 Å². The summed E-state index contributed by atoms with van der Waals surface area (Å²) in [5.74, 6) is 1.67. The molecule has 0 bridgehead atoms. The first-order valence-electron chi connectivity index (χ1n) is 11.7. The summed E-state index contributed by atoms with van der Waals surface area (Å²) in [5, 5.41) is 2.76. The fourth-order valence-electron chi connectivity index (χ4n) is 3.77. The summed E-state index contributed by atoms with van der Waals surface area (Å²) in [6.07, 6.45) is 0. The Morgan fingerprint density at radius 1 is 0.692 bits per heavy atom. The first-order valence-corrected chi connectivity index (χ1v) is 13.1. The molecule has 12 heteroatoms. The maximum Gasteiger partial charge on any atom is 0.265 e. The van der Waals surface area contributed by atoms with Crippen molar-refractivity contribution in [3.05, 3.63) is 60.2 Å². The maximum atomic E-state index is 14.0. The van der Waals surface area contributed by atoms with Crippen molar-refractivity contribution in [1.82, 2.24) is 5.32 Å². The average Bonchev–Trinajstić information content (AvgIpc) is 2.97. The van der Waals surface area contributed by atoms with Crippen LogP contribution in [0, 0.1) is 0 Å². The molecule has 210 valence electrons. The standard InChI is InChI=1S/C27H32N2O9S/c1-33-19-8-11-22(34-2)21(14-19)29(39(31,32)20-9-12-24(36-4)26(15-20)38-6)17-27(30)28-16-18-7-10-23(35-3)25(13-18)37-5/h7-15H,16-17H2,1-6H3,(H,28,30). The Kier molecular flexibility index (Phi) is 9.72. The molecule has 0 atom stereocenters. The predicted molar refractivity (Wildman–Crippen MR) is 145 cm³/mol. The number of sulfonamides is 1. The lowest BCUT2D eigenvalue weighted by Gasteiger charge is -2.26. The number of amides is 1. The predicted octanol–water partition coefficient (Wildman–Crippen LogP) is 3.25. The van der Waals surface area contributed by atoms with E-state index in [1.165, 1.54) is 66.9 Å². The van der Waals surface area contributed by atoms with Gasteiger partial charge in [-0.15, -0.1) is 0 Å². The van der Waals surface area contributed by atoms with E-state index in [4.69, 9.17) is 28.4 Å². The molecule has 0 saturated heterocycles. The molecule has 0 unspecified atom stereocenters. The number of carbonyl (C=O) groups is 1. The summed E-state index contributed by atoms with van der Waals surface area (Å²) >= 11 is 0. The zero-order valence-electron chi connectivity index (χ0n) is 22.6. The van der Waals surface area contributed by atoms with Crippen molar-refractivity contribution in [2.45, 2.75) is 11.4 Å². The molecule has 39 heavy (non-hydrogen) atoms. The molecule has 11 nitrogen and oxygen atoms in total. The normalized spacial score (nSPS) is 10.8. The molecule has 0 heterocycles. The molecule has 3 rings (SSSR count). The molecule has 3 aromatic carbocycles. The van der Waals surface area contributed by atoms with Gasteiger partial charge >= 0.3 is 0 Å². The summed E-state index contributed by atoms with van der Waals surface area (Å²) in [7, 11) is 4.45. The molecule has 1 N–H and O–H groups in total. The lowest BCUT2D eigenvalue weighted by molar-refractivity contribution is -0.119. The Morgan fingerprint density at radius 3 is 1.85 bits per heavy atom. The lowest BCUT2D eigenvalue weighted by atomic mass is 10.2. The summed E-state index contributed by atoms with van der Waals surface area (Å²) in [6.45, 7) is -0.424. The van der Waals surface area contributed by atoms with Crippen molar-refractivity contribution in [3.8, 4) is 34.5 Å². The molecule has 0 fully saturated rings. The minimum atomic E-state index is -4.30. The topological polar surface area (TPSA) is 122 Å². The van der Waals surface area contributed by atoms with E-state index in [2.05, 4.69) is 5.32 Å². The average molecular weight is 561 g/mol. The lowest BCUT2D eigenvalue weighted by Crippen LogP contribution is -2.41. The quantitative estimate of drug-likeness (QED) is 0.336. The Labute approximate surface area is 228 Å². The van der Waals surface area contributed by atoms with Gasteiger partial charge in [0.2, 0.25) is 5.91 Å². The Balaban J connectivity index is 1.99. The van der Waals surface area contributed by atoms with Gasteiger partial charge in [0.25, 0.3) is 10.0 Å². The second-order valence-electron chi connectivity index (χ2n) is 8.03. The molecule has 0 spiro atoms. The molecule has 1 amide bonds. The highest BCUT2D eigenvalue weighted by molar-refractivity contribution is 7.92. The van der Waals surface area contributed by atoms with Crippen LogP contribution in [0.5, 0.6) is 34.5 Å². The number of benzene rings is 3. The van der Waals surface area contributed by atoms with E-state index in [1.807, 2.05) is 0 Å². The second kappa shape index (κ2) is 13.0. The third-order valence-corrected chi connectivity index (χ3v) is 7.58. The molecule has 0 aliphatic heterocycles. The number of nitrogens with one attached hydrogen (secondary N) is 1. The SMILES string of the molecule is COc1ccc(OC)c(N(CC(=O)NCc2ccc(OC)c(OC)c2)S(=O)(=O)c2ccc(OC)c(OC)c2)c1. The van der Waals surface area contributed by atoms with Gasteiger partial charge < -0.3 is 33.7 Å². The van der Waals surface area contributed by atoms with Crippen molar-refractivity contribution in [3.63, 3.8) is 0 Å². The van der Waals surface area contributed by atoms with Crippen LogP contribution in [0.1, 0.15) is 5.56 Å². The van der Waals surface area contributed by atoms with Gasteiger partial charge in [-0.2, -0.15) is 0 Å². The van der Waals surface area contributed by atoms with Gasteiger partial charge in [-0.1, -0.05) is 6.07 Å². The third kappa shape index (κ3) is 6.58. The van der Waals surface area contributed by atoms with Crippen LogP contribution in [0.15, 0.2) is 59.5 Å². The van der Waals surface area contributed by atoms with Gasteiger partial charge in [-0.25, -0.2) is 8.42 Å². The molecular weight excluding hydrogens is 528 g/mol. The smallest absolute Gasteiger partial charge is 0.265 e. The Morgan fingerprint density at radius 2 is 1.26 bits per heavy atom. The van der Waals surface area contributed by atoms with E-state index >= 15 is 0 Å². The van der Waals surface area contributed by atoms with E-state index in [1.54, 1.807) is 30.3 Å². The number of anilines is 1. The van der Waals surface area contributed by atoms with E-state index in [9.17, 15) is 13.2 Å². The van der Waals surface area contributed by atoms with Crippen LogP contribution in [-0.4, -0.2) is 63.5 Å². The third-order valence-electron chi connectivity index (χ3n) is 5.82. The van der Waals surface area contributed by atoms with Gasteiger partial charge in [0.15, 0.2) is 23.0 Å². The largest absolute Gasteiger partial charge is 0.497 e. The van der Waals surface area contributed by atoms with E-state index < -0.39 is 22.5 Å². The number of hydrogen-bond acceptors (Lipinski definition) is 9. The van der Waals surface area contributed by atoms with Crippen molar-refractivity contribution in [2.75, 3.05) is 53.5 Å². The summed E-state index contributed by atoms with van der Waals surface area (Å²) in [4.78, 5) is 13.0.